The molecule has 1 amide bonds. The topological polar surface area (TPSA) is 67.8 Å². The average molecular weight is 311 g/mol. The Hall–Kier alpha value is -2.31. The average Bonchev–Trinajstić information content (AvgIpc) is 2.76. The maximum Gasteiger partial charge on any atom is 0.492 e. The van der Waals surface area contributed by atoms with Crippen molar-refractivity contribution < 1.29 is 19.2 Å². The van der Waals surface area contributed by atoms with Crippen molar-refractivity contribution >= 4 is 24.2 Å². The van der Waals surface area contributed by atoms with Gasteiger partial charge >= 0.3 is 7.12 Å². The van der Waals surface area contributed by atoms with Gasteiger partial charge in [-0.2, -0.15) is 0 Å². The van der Waals surface area contributed by atoms with E-state index in [1.54, 1.807) is 36.4 Å². The van der Waals surface area contributed by atoms with E-state index in [9.17, 15) is 9.82 Å². The van der Waals surface area contributed by atoms with Gasteiger partial charge in [-0.1, -0.05) is 18.2 Å². The number of hydrogen-bond donors (Lipinski definition) is 2. The van der Waals surface area contributed by atoms with Crippen molar-refractivity contribution in [3.05, 3.63) is 53.6 Å². The predicted molar refractivity (Wildman–Crippen MR) is 89.1 cm³/mol. The number of nitrogens with one attached hydrogen (secondary N) is 1. The van der Waals surface area contributed by atoms with Gasteiger partial charge in [0.2, 0.25) is 0 Å². The van der Waals surface area contributed by atoms with E-state index >= 15 is 0 Å². The highest BCUT2D eigenvalue weighted by Gasteiger charge is 2.40. The van der Waals surface area contributed by atoms with Crippen LogP contribution in [0.2, 0.25) is 0 Å². The highest BCUT2D eigenvalue weighted by Crippen LogP contribution is 2.31. The van der Waals surface area contributed by atoms with Crippen molar-refractivity contribution in [2.24, 2.45) is 0 Å². The minimum absolute atomic E-state index is 0.268. The Balaban J connectivity index is 1.87. The molecule has 6 heteroatoms. The van der Waals surface area contributed by atoms with Crippen LogP contribution in [0.15, 0.2) is 42.5 Å². The number of hydrogen-bond acceptors (Lipinski definition) is 4. The number of amides is 1. The lowest BCUT2D eigenvalue weighted by atomic mass is 9.78. The quantitative estimate of drug-likeness (QED) is 0.850. The fourth-order valence-electron chi connectivity index (χ4n) is 2.83. The van der Waals surface area contributed by atoms with Gasteiger partial charge in [0, 0.05) is 5.69 Å². The fourth-order valence-corrected chi connectivity index (χ4v) is 2.83. The predicted octanol–water partition coefficient (Wildman–Crippen LogP) is 1.90. The lowest BCUT2D eigenvalue weighted by Gasteiger charge is -2.19. The Morgan fingerprint density at radius 1 is 1.26 bits per heavy atom. The summed E-state index contributed by atoms with van der Waals surface area (Å²) in [5.74, 6) is 0.241. The molecule has 5 nitrogen and oxygen atoms in total. The maximum absolute atomic E-state index is 12.4. The van der Waals surface area contributed by atoms with E-state index in [1.807, 2.05) is 19.9 Å². The number of carbonyl (C=O) groups is 1. The van der Waals surface area contributed by atoms with Crippen LogP contribution in [0, 0.1) is 0 Å². The van der Waals surface area contributed by atoms with Gasteiger partial charge in [-0.05, 0) is 49.1 Å². The summed E-state index contributed by atoms with van der Waals surface area (Å²) in [6.45, 7) is 3.80. The first kappa shape index (κ1) is 15.6. The molecule has 0 saturated heterocycles. The molecule has 1 heterocycles. The highest BCUT2D eigenvalue weighted by molar-refractivity contribution is 6.62. The van der Waals surface area contributed by atoms with Crippen molar-refractivity contribution in [2.75, 3.05) is 12.4 Å². The molecular formula is C17H18BNO4. The molecule has 2 aromatic rings. The maximum atomic E-state index is 12.4. The molecule has 0 radical (unpaired) electrons. The van der Waals surface area contributed by atoms with Crippen LogP contribution in [0.5, 0.6) is 5.75 Å². The lowest BCUT2D eigenvalue weighted by Crippen LogP contribution is -2.29. The smallest absolute Gasteiger partial charge is 0.492 e. The number of methoxy groups -OCH3 is 1. The van der Waals surface area contributed by atoms with Crippen molar-refractivity contribution in [2.45, 2.75) is 19.4 Å². The SMILES string of the molecule is COc1ccccc1C(=O)Nc1ccc2c(c1)B(O)OC2(C)C. The zero-order valence-electron chi connectivity index (χ0n) is 13.3. The number of benzene rings is 2. The van der Waals surface area contributed by atoms with Gasteiger partial charge in [-0.15, -0.1) is 0 Å². The zero-order valence-corrected chi connectivity index (χ0v) is 13.3. The van der Waals surface area contributed by atoms with Gasteiger partial charge < -0.3 is 19.7 Å². The van der Waals surface area contributed by atoms with Crippen molar-refractivity contribution in [3.8, 4) is 5.75 Å². The second-order valence-electron chi connectivity index (χ2n) is 5.94. The van der Waals surface area contributed by atoms with E-state index in [1.165, 1.54) is 7.11 Å². The third-order valence-corrected chi connectivity index (χ3v) is 3.98. The second kappa shape index (κ2) is 5.72. The largest absolute Gasteiger partial charge is 0.496 e. The van der Waals surface area contributed by atoms with Gasteiger partial charge in [0.05, 0.1) is 18.3 Å². The fraction of sp³-hybridized carbons (Fsp3) is 0.235. The third kappa shape index (κ3) is 2.83. The Bertz CT molecular complexity index is 760. The van der Waals surface area contributed by atoms with Gasteiger partial charge in [-0.3, -0.25) is 4.79 Å². The molecule has 2 aromatic carbocycles. The first-order valence-corrected chi connectivity index (χ1v) is 7.37. The van der Waals surface area contributed by atoms with E-state index in [-0.39, 0.29) is 5.91 Å². The van der Waals surface area contributed by atoms with Crippen LogP contribution in [-0.2, 0) is 10.3 Å². The molecule has 0 spiro atoms. The second-order valence-corrected chi connectivity index (χ2v) is 5.94. The first-order valence-electron chi connectivity index (χ1n) is 7.37. The number of carbonyl (C=O) groups excluding carboxylic acids is 1. The van der Waals surface area contributed by atoms with Crippen LogP contribution in [0.4, 0.5) is 5.69 Å². The summed E-state index contributed by atoms with van der Waals surface area (Å²) in [4.78, 5) is 12.4. The van der Waals surface area contributed by atoms with Crippen LogP contribution in [0.1, 0.15) is 29.8 Å². The summed E-state index contributed by atoms with van der Waals surface area (Å²) < 4.78 is 10.7. The number of para-hydroxylation sites is 1. The molecule has 23 heavy (non-hydrogen) atoms. The molecule has 118 valence electrons. The van der Waals surface area contributed by atoms with E-state index < -0.39 is 12.7 Å². The molecule has 0 atom stereocenters. The van der Waals surface area contributed by atoms with Crippen LogP contribution < -0.4 is 15.5 Å². The van der Waals surface area contributed by atoms with E-state index in [2.05, 4.69) is 5.32 Å². The molecule has 0 unspecified atom stereocenters. The monoisotopic (exact) mass is 311 g/mol. The van der Waals surface area contributed by atoms with Gasteiger partial charge in [-0.25, -0.2) is 0 Å². The Labute approximate surface area is 135 Å². The molecule has 3 rings (SSSR count). The first-order chi connectivity index (χ1) is 10.9. The summed E-state index contributed by atoms with van der Waals surface area (Å²) in [6, 6.07) is 12.4. The molecule has 0 aliphatic carbocycles. The molecule has 0 aromatic heterocycles. The third-order valence-electron chi connectivity index (χ3n) is 3.98. The molecular weight excluding hydrogens is 293 g/mol. The van der Waals surface area contributed by atoms with Gasteiger partial charge in [0.25, 0.3) is 5.91 Å². The number of anilines is 1. The van der Waals surface area contributed by atoms with E-state index in [4.69, 9.17) is 9.39 Å². The molecule has 0 saturated carbocycles. The number of ether oxygens (including phenoxy) is 1. The van der Waals surface area contributed by atoms with Crippen molar-refractivity contribution in [1.82, 2.24) is 0 Å². The minimum atomic E-state index is -0.983. The normalized spacial score (nSPS) is 15.2. The van der Waals surface area contributed by atoms with Crippen molar-refractivity contribution in [1.29, 1.82) is 0 Å². The molecule has 2 N–H and O–H groups in total. The number of rotatable bonds is 3. The molecule has 1 aliphatic heterocycles. The molecule has 1 aliphatic rings. The lowest BCUT2D eigenvalue weighted by molar-refractivity contribution is 0.100. The van der Waals surface area contributed by atoms with Crippen LogP contribution in [0.3, 0.4) is 0 Å². The van der Waals surface area contributed by atoms with Gasteiger partial charge in [0.1, 0.15) is 5.75 Å². The van der Waals surface area contributed by atoms with Crippen LogP contribution in [-0.4, -0.2) is 25.2 Å². The summed E-state index contributed by atoms with van der Waals surface area (Å²) in [5, 5.41) is 12.8. The van der Waals surface area contributed by atoms with E-state index in [0.29, 0.717) is 22.5 Å². The Morgan fingerprint density at radius 2 is 2.00 bits per heavy atom. The minimum Gasteiger partial charge on any atom is -0.496 e. The molecule has 0 fully saturated rings. The summed E-state index contributed by atoms with van der Waals surface area (Å²) >= 11 is 0. The standard InChI is InChI=1S/C17H18BNO4/c1-17(2)13-9-8-11(10-14(13)18(21)23-17)19-16(20)12-6-4-5-7-15(12)22-3/h4-10,21H,1-3H3,(H,19,20). The summed E-state index contributed by atoms with van der Waals surface area (Å²) in [7, 11) is 0.542. The van der Waals surface area contributed by atoms with Gasteiger partial charge in [0.15, 0.2) is 0 Å². The summed E-state index contributed by atoms with van der Waals surface area (Å²) in [5.41, 5.74) is 2.10. The van der Waals surface area contributed by atoms with Crippen LogP contribution in [0.25, 0.3) is 0 Å². The van der Waals surface area contributed by atoms with Crippen LogP contribution >= 0.6 is 0 Å². The summed E-state index contributed by atoms with van der Waals surface area (Å²) in [6.07, 6.45) is 0. The molecule has 0 bridgehead atoms. The Morgan fingerprint density at radius 3 is 2.74 bits per heavy atom. The number of fused-ring (bicyclic) bond motifs is 1. The van der Waals surface area contributed by atoms with Crippen molar-refractivity contribution in [3.63, 3.8) is 0 Å². The zero-order chi connectivity index (χ0) is 16.6. The van der Waals surface area contributed by atoms with E-state index in [0.717, 1.165) is 5.56 Å². The highest BCUT2D eigenvalue weighted by atomic mass is 16.5. The Kier molecular flexibility index (Phi) is 3.87.